The molecule has 154 valence electrons. The van der Waals surface area contributed by atoms with Crippen molar-refractivity contribution in [3.63, 3.8) is 0 Å². The Balaban J connectivity index is 1.86. The predicted molar refractivity (Wildman–Crippen MR) is 116 cm³/mol. The number of hydrogen-bond donors (Lipinski definition) is 2. The van der Waals surface area contributed by atoms with Crippen molar-refractivity contribution in [1.29, 1.82) is 0 Å². The molecular formula is C24H41NO2. The standard InChI is InChI=1S/C24H41NO2/c1-2-3-4-5-6-7-8-9-10-11-12-13-14-18-21-23(26)24(27)25-22-19-16-15-17-20-22/h15-17,19-20,23,26H,2-14,18,21H2,1H3,(H,25,27). The van der Waals surface area contributed by atoms with Crippen molar-refractivity contribution in [2.45, 2.75) is 109 Å². The minimum Gasteiger partial charge on any atom is -0.383 e. The van der Waals surface area contributed by atoms with Crippen LogP contribution in [0.2, 0.25) is 0 Å². The van der Waals surface area contributed by atoms with E-state index < -0.39 is 6.10 Å². The molecule has 0 aromatic heterocycles. The Bertz CT molecular complexity index is 461. The monoisotopic (exact) mass is 375 g/mol. The highest BCUT2D eigenvalue weighted by Gasteiger charge is 2.14. The summed E-state index contributed by atoms with van der Waals surface area (Å²) >= 11 is 0. The van der Waals surface area contributed by atoms with Gasteiger partial charge in [-0.1, -0.05) is 115 Å². The Morgan fingerprint density at radius 1 is 0.778 bits per heavy atom. The third-order valence-corrected chi connectivity index (χ3v) is 5.18. The zero-order valence-electron chi connectivity index (χ0n) is 17.4. The molecule has 0 fully saturated rings. The molecule has 0 saturated carbocycles. The lowest BCUT2D eigenvalue weighted by molar-refractivity contribution is -0.124. The summed E-state index contributed by atoms with van der Waals surface area (Å²) in [7, 11) is 0. The second-order valence-electron chi connectivity index (χ2n) is 7.76. The van der Waals surface area contributed by atoms with Crippen molar-refractivity contribution in [2.24, 2.45) is 0 Å². The third kappa shape index (κ3) is 13.5. The minimum atomic E-state index is -0.900. The van der Waals surface area contributed by atoms with Crippen LogP contribution in [0.4, 0.5) is 5.69 Å². The highest BCUT2D eigenvalue weighted by molar-refractivity contribution is 5.93. The summed E-state index contributed by atoms with van der Waals surface area (Å²) in [6.07, 6.45) is 18.0. The molecule has 0 saturated heterocycles. The van der Waals surface area contributed by atoms with Crippen LogP contribution in [-0.2, 0) is 4.79 Å². The number of nitrogens with one attached hydrogen (secondary N) is 1. The number of unbranched alkanes of at least 4 members (excludes halogenated alkanes) is 13. The van der Waals surface area contributed by atoms with Gasteiger partial charge >= 0.3 is 0 Å². The number of para-hydroxylation sites is 1. The van der Waals surface area contributed by atoms with Gasteiger partial charge in [0, 0.05) is 5.69 Å². The molecular weight excluding hydrogens is 334 g/mol. The van der Waals surface area contributed by atoms with Gasteiger partial charge in [0.2, 0.25) is 0 Å². The van der Waals surface area contributed by atoms with Gasteiger partial charge in [-0.3, -0.25) is 4.79 Å². The van der Waals surface area contributed by atoms with Gasteiger partial charge in [-0.25, -0.2) is 0 Å². The van der Waals surface area contributed by atoms with E-state index in [1.54, 1.807) is 0 Å². The normalized spacial score (nSPS) is 12.1. The smallest absolute Gasteiger partial charge is 0.253 e. The fraction of sp³-hybridized carbons (Fsp3) is 0.708. The number of rotatable bonds is 17. The molecule has 1 amide bonds. The molecule has 27 heavy (non-hydrogen) atoms. The van der Waals surface area contributed by atoms with Crippen molar-refractivity contribution in [1.82, 2.24) is 0 Å². The van der Waals surface area contributed by atoms with E-state index in [0.29, 0.717) is 6.42 Å². The van der Waals surface area contributed by atoms with Gasteiger partial charge in [0.15, 0.2) is 0 Å². The summed E-state index contributed by atoms with van der Waals surface area (Å²) in [5.74, 6) is -0.295. The maximum atomic E-state index is 11.9. The summed E-state index contributed by atoms with van der Waals surface area (Å²) in [5, 5.41) is 12.7. The molecule has 1 rings (SSSR count). The van der Waals surface area contributed by atoms with E-state index in [2.05, 4.69) is 12.2 Å². The first kappa shape index (κ1) is 23.7. The first-order valence-electron chi connectivity index (χ1n) is 11.3. The van der Waals surface area contributed by atoms with Crippen LogP contribution in [-0.4, -0.2) is 17.1 Å². The van der Waals surface area contributed by atoms with Gasteiger partial charge in [-0.05, 0) is 18.6 Å². The fourth-order valence-corrected chi connectivity index (χ4v) is 3.41. The average molecular weight is 376 g/mol. The molecule has 1 unspecified atom stereocenters. The number of aliphatic hydroxyl groups excluding tert-OH is 1. The number of carbonyl (C=O) groups is 1. The number of carbonyl (C=O) groups excluding carboxylic acids is 1. The molecule has 3 nitrogen and oxygen atoms in total. The Morgan fingerprint density at radius 2 is 1.22 bits per heavy atom. The van der Waals surface area contributed by atoms with Gasteiger partial charge in [0.1, 0.15) is 6.10 Å². The zero-order valence-corrected chi connectivity index (χ0v) is 17.4. The van der Waals surface area contributed by atoms with Crippen LogP contribution in [0, 0.1) is 0 Å². The van der Waals surface area contributed by atoms with E-state index in [9.17, 15) is 9.90 Å². The van der Waals surface area contributed by atoms with Crippen LogP contribution in [0.15, 0.2) is 30.3 Å². The summed E-state index contributed by atoms with van der Waals surface area (Å²) in [6.45, 7) is 2.27. The van der Waals surface area contributed by atoms with Crippen LogP contribution in [0.1, 0.15) is 103 Å². The van der Waals surface area contributed by atoms with E-state index in [0.717, 1.165) is 18.5 Å². The van der Waals surface area contributed by atoms with Crippen molar-refractivity contribution in [2.75, 3.05) is 5.32 Å². The average Bonchev–Trinajstić information content (AvgIpc) is 2.68. The molecule has 0 aliphatic heterocycles. The highest BCUT2D eigenvalue weighted by Crippen LogP contribution is 2.14. The van der Waals surface area contributed by atoms with Crippen LogP contribution in [0.25, 0.3) is 0 Å². The van der Waals surface area contributed by atoms with E-state index in [-0.39, 0.29) is 5.91 Å². The predicted octanol–water partition coefficient (Wildman–Crippen LogP) is 6.86. The molecule has 1 atom stereocenters. The molecule has 0 aliphatic rings. The largest absolute Gasteiger partial charge is 0.383 e. The number of hydrogen-bond acceptors (Lipinski definition) is 2. The minimum absolute atomic E-state index is 0.295. The van der Waals surface area contributed by atoms with Crippen LogP contribution in [0.5, 0.6) is 0 Å². The maximum Gasteiger partial charge on any atom is 0.253 e. The number of aliphatic hydroxyl groups is 1. The molecule has 0 aliphatic carbocycles. The van der Waals surface area contributed by atoms with E-state index >= 15 is 0 Å². The lowest BCUT2D eigenvalue weighted by atomic mass is 10.0. The molecule has 2 N–H and O–H groups in total. The molecule has 0 heterocycles. The number of benzene rings is 1. The Kier molecular flexibility index (Phi) is 14.7. The quantitative estimate of drug-likeness (QED) is 0.292. The lowest BCUT2D eigenvalue weighted by Gasteiger charge is -2.11. The van der Waals surface area contributed by atoms with Gasteiger partial charge in [-0.15, -0.1) is 0 Å². The van der Waals surface area contributed by atoms with Gasteiger partial charge in [0.25, 0.3) is 5.91 Å². The van der Waals surface area contributed by atoms with Crippen molar-refractivity contribution >= 4 is 11.6 Å². The lowest BCUT2D eigenvalue weighted by Crippen LogP contribution is -2.27. The maximum absolute atomic E-state index is 11.9. The highest BCUT2D eigenvalue weighted by atomic mass is 16.3. The van der Waals surface area contributed by atoms with Gasteiger partial charge in [0.05, 0.1) is 0 Å². The molecule has 0 spiro atoms. The fourth-order valence-electron chi connectivity index (χ4n) is 3.41. The first-order chi connectivity index (χ1) is 13.2. The summed E-state index contributed by atoms with van der Waals surface area (Å²) in [5.41, 5.74) is 0.738. The van der Waals surface area contributed by atoms with Gasteiger partial charge < -0.3 is 10.4 Å². The second-order valence-corrected chi connectivity index (χ2v) is 7.76. The Morgan fingerprint density at radius 3 is 1.70 bits per heavy atom. The summed E-state index contributed by atoms with van der Waals surface area (Å²) in [6, 6.07) is 9.31. The molecule has 0 bridgehead atoms. The summed E-state index contributed by atoms with van der Waals surface area (Å²) in [4.78, 5) is 11.9. The Hall–Kier alpha value is -1.35. The van der Waals surface area contributed by atoms with Crippen LogP contribution < -0.4 is 5.32 Å². The second kappa shape index (κ2) is 16.8. The Labute approximate surface area is 167 Å². The molecule has 1 aromatic rings. The van der Waals surface area contributed by atoms with E-state index in [4.69, 9.17) is 0 Å². The zero-order chi connectivity index (χ0) is 19.6. The third-order valence-electron chi connectivity index (χ3n) is 5.18. The number of anilines is 1. The van der Waals surface area contributed by atoms with Crippen LogP contribution in [0.3, 0.4) is 0 Å². The van der Waals surface area contributed by atoms with E-state index in [1.807, 2.05) is 30.3 Å². The topological polar surface area (TPSA) is 49.3 Å². The summed E-state index contributed by atoms with van der Waals surface area (Å²) < 4.78 is 0. The van der Waals surface area contributed by atoms with E-state index in [1.165, 1.54) is 77.0 Å². The SMILES string of the molecule is CCCCCCCCCCCCCCCCC(O)C(=O)Nc1ccccc1. The molecule has 3 heteroatoms. The van der Waals surface area contributed by atoms with Crippen LogP contribution >= 0.6 is 0 Å². The van der Waals surface area contributed by atoms with Gasteiger partial charge in [-0.2, -0.15) is 0 Å². The molecule has 1 aromatic carbocycles. The first-order valence-corrected chi connectivity index (χ1v) is 11.3. The number of amides is 1. The van der Waals surface area contributed by atoms with Crippen molar-refractivity contribution in [3.05, 3.63) is 30.3 Å². The van der Waals surface area contributed by atoms with Crippen molar-refractivity contribution in [3.8, 4) is 0 Å². The molecule has 0 radical (unpaired) electrons. The van der Waals surface area contributed by atoms with Crippen molar-refractivity contribution < 1.29 is 9.90 Å².